The van der Waals surface area contributed by atoms with Crippen molar-refractivity contribution in [3.8, 4) is 0 Å². The fourth-order valence-corrected chi connectivity index (χ4v) is 6.05. The van der Waals surface area contributed by atoms with Gasteiger partial charge in [-0.05, 0) is 72.3 Å². The van der Waals surface area contributed by atoms with Crippen LogP contribution in [0.25, 0.3) is 0 Å². The van der Waals surface area contributed by atoms with Gasteiger partial charge >= 0.3 is 0 Å². The molecule has 3 rings (SSSR count). The van der Waals surface area contributed by atoms with E-state index in [4.69, 9.17) is 0 Å². The maximum atomic E-state index is 3.79. The van der Waals surface area contributed by atoms with Gasteiger partial charge < -0.3 is 5.32 Å². The van der Waals surface area contributed by atoms with Crippen molar-refractivity contribution < 1.29 is 0 Å². The SMILES string of the molecule is CC1C2C(C3CCCC(C(C)(C)C)C3)CNCC2C1(C)C. The maximum absolute atomic E-state index is 3.79. The molecule has 1 N–H and O–H groups in total. The first-order valence-electron chi connectivity index (χ1n) is 9.43. The van der Waals surface area contributed by atoms with E-state index in [2.05, 4.69) is 46.9 Å². The van der Waals surface area contributed by atoms with Crippen LogP contribution in [0, 0.1) is 46.3 Å². The van der Waals surface area contributed by atoms with Gasteiger partial charge in [0.05, 0.1) is 0 Å². The average molecular weight is 292 g/mol. The minimum Gasteiger partial charge on any atom is -0.316 e. The number of rotatable bonds is 1. The van der Waals surface area contributed by atoms with Crippen LogP contribution in [-0.4, -0.2) is 13.1 Å². The third-order valence-corrected chi connectivity index (χ3v) is 7.95. The van der Waals surface area contributed by atoms with Gasteiger partial charge in [0.15, 0.2) is 0 Å². The summed E-state index contributed by atoms with van der Waals surface area (Å²) in [6.45, 7) is 17.5. The second-order valence-corrected chi connectivity index (χ2v) is 10.1. The molecule has 0 aromatic rings. The van der Waals surface area contributed by atoms with Gasteiger partial charge in [0.2, 0.25) is 0 Å². The zero-order chi connectivity index (χ0) is 15.4. The highest BCUT2D eigenvalue weighted by atomic mass is 14.9. The first kappa shape index (κ1) is 15.8. The highest BCUT2D eigenvalue weighted by Crippen LogP contribution is 2.61. The zero-order valence-corrected chi connectivity index (χ0v) is 15.2. The van der Waals surface area contributed by atoms with Gasteiger partial charge in [0.25, 0.3) is 0 Å². The molecule has 0 bridgehead atoms. The Balaban J connectivity index is 1.72. The molecule has 1 heteroatoms. The van der Waals surface area contributed by atoms with Crippen molar-refractivity contribution in [3.05, 3.63) is 0 Å². The molecule has 0 aromatic carbocycles. The van der Waals surface area contributed by atoms with Gasteiger partial charge in [0.1, 0.15) is 0 Å². The number of hydrogen-bond donors (Lipinski definition) is 1. The van der Waals surface area contributed by atoms with Crippen molar-refractivity contribution in [2.75, 3.05) is 13.1 Å². The van der Waals surface area contributed by atoms with Crippen molar-refractivity contribution in [2.24, 2.45) is 46.3 Å². The molecule has 3 fully saturated rings. The van der Waals surface area contributed by atoms with Crippen molar-refractivity contribution in [3.63, 3.8) is 0 Å². The van der Waals surface area contributed by atoms with Crippen LogP contribution in [0.1, 0.15) is 67.2 Å². The van der Waals surface area contributed by atoms with Crippen LogP contribution in [0.5, 0.6) is 0 Å². The minimum atomic E-state index is 0.505. The monoisotopic (exact) mass is 291 g/mol. The van der Waals surface area contributed by atoms with Crippen molar-refractivity contribution in [1.82, 2.24) is 5.32 Å². The van der Waals surface area contributed by atoms with Crippen LogP contribution < -0.4 is 5.32 Å². The largest absolute Gasteiger partial charge is 0.316 e. The minimum absolute atomic E-state index is 0.505. The molecule has 122 valence electrons. The Bertz CT molecular complexity index is 378. The quantitative estimate of drug-likeness (QED) is 0.719. The lowest BCUT2D eigenvalue weighted by Gasteiger charge is -2.64. The summed E-state index contributed by atoms with van der Waals surface area (Å²) < 4.78 is 0. The highest BCUT2D eigenvalue weighted by Gasteiger charge is 2.58. The molecule has 0 radical (unpaired) electrons. The lowest BCUT2D eigenvalue weighted by molar-refractivity contribution is -0.148. The predicted octanol–water partition coefficient (Wildman–Crippen LogP) is 4.97. The second-order valence-electron chi connectivity index (χ2n) is 10.1. The molecule has 6 unspecified atom stereocenters. The van der Waals surface area contributed by atoms with Crippen LogP contribution in [0.15, 0.2) is 0 Å². The molecule has 0 aromatic heterocycles. The van der Waals surface area contributed by atoms with Gasteiger partial charge in [0, 0.05) is 0 Å². The summed E-state index contributed by atoms with van der Waals surface area (Å²) in [6.07, 6.45) is 5.93. The Morgan fingerprint density at radius 1 is 1.05 bits per heavy atom. The highest BCUT2D eigenvalue weighted by molar-refractivity contribution is 5.08. The van der Waals surface area contributed by atoms with Gasteiger partial charge in [-0.25, -0.2) is 0 Å². The standard InChI is InChI=1S/C20H37N/c1-13-18-16(11-21-12-17(18)20(13,5)6)14-8-7-9-15(10-14)19(2,3)4/h13-18,21H,7-12H2,1-6H3. The lowest BCUT2D eigenvalue weighted by atomic mass is 9.43. The summed E-state index contributed by atoms with van der Waals surface area (Å²) in [6, 6.07) is 0. The molecule has 1 aliphatic heterocycles. The third-order valence-electron chi connectivity index (χ3n) is 7.95. The number of nitrogens with one attached hydrogen (secondary N) is 1. The Morgan fingerprint density at radius 3 is 2.43 bits per heavy atom. The summed E-state index contributed by atoms with van der Waals surface area (Å²) >= 11 is 0. The predicted molar refractivity (Wildman–Crippen MR) is 91.2 cm³/mol. The van der Waals surface area contributed by atoms with Crippen LogP contribution in [0.2, 0.25) is 0 Å². The van der Waals surface area contributed by atoms with E-state index in [0.29, 0.717) is 10.8 Å². The number of hydrogen-bond acceptors (Lipinski definition) is 1. The Morgan fingerprint density at radius 2 is 1.76 bits per heavy atom. The smallest absolute Gasteiger partial charge is 0.00123 e. The Hall–Kier alpha value is -0.0400. The van der Waals surface area contributed by atoms with E-state index in [-0.39, 0.29) is 0 Å². The molecule has 6 atom stereocenters. The molecule has 2 saturated carbocycles. The van der Waals surface area contributed by atoms with Crippen LogP contribution in [-0.2, 0) is 0 Å². The molecule has 21 heavy (non-hydrogen) atoms. The summed E-state index contributed by atoms with van der Waals surface area (Å²) in [5.74, 6) is 5.75. The molecular weight excluding hydrogens is 254 g/mol. The van der Waals surface area contributed by atoms with Gasteiger partial charge in [-0.3, -0.25) is 0 Å². The summed E-state index contributed by atoms with van der Waals surface area (Å²) in [7, 11) is 0. The zero-order valence-electron chi connectivity index (χ0n) is 15.2. The van der Waals surface area contributed by atoms with Crippen molar-refractivity contribution >= 4 is 0 Å². The Labute approximate surface area is 132 Å². The van der Waals surface area contributed by atoms with Crippen LogP contribution in [0.4, 0.5) is 0 Å². The molecule has 1 nitrogen and oxygen atoms in total. The average Bonchev–Trinajstić information content (AvgIpc) is 2.45. The third kappa shape index (κ3) is 2.58. The van der Waals surface area contributed by atoms with Crippen LogP contribution >= 0.6 is 0 Å². The van der Waals surface area contributed by atoms with E-state index in [9.17, 15) is 0 Å². The van der Waals surface area contributed by atoms with E-state index in [0.717, 1.165) is 35.5 Å². The molecule has 1 saturated heterocycles. The van der Waals surface area contributed by atoms with E-state index in [1.54, 1.807) is 0 Å². The maximum Gasteiger partial charge on any atom is -0.00123 e. The fourth-order valence-electron chi connectivity index (χ4n) is 6.05. The molecular formula is C20H37N. The van der Waals surface area contributed by atoms with Gasteiger partial charge in [-0.15, -0.1) is 0 Å². The van der Waals surface area contributed by atoms with E-state index < -0.39 is 0 Å². The van der Waals surface area contributed by atoms with Gasteiger partial charge in [-0.2, -0.15) is 0 Å². The molecule has 2 aliphatic carbocycles. The van der Waals surface area contributed by atoms with E-state index in [1.807, 2.05) is 0 Å². The fraction of sp³-hybridized carbons (Fsp3) is 1.00. The van der Waals surface area contributed by atoms with Crippen molar-refractivity contribution in [2.45, 2.75) is 67.2 Å². The molecule has 1 heterocycles. The normalized spacial score (nSPS) is 46.6. The first-order valence-corrected chi connectivity index (χ1v) is 9.43. The summed E-state index contributed by atoms with van der Waals surface area (Å²) in [4.78, 5) is 0. The molecule has 3 aliphatic rings. The Kier molecular flexibility index (Phi) is 3.96. The molecule has 0 amide bonds. The lowest BCUT2D eigenvalue weighted by Crippen LogP contribution is -2.64. The second kappa shape index (κ2) is 5.25. The van der Waals surface area contributed by atoms with Crippen LogP contribution in [0.3, 0.4) is 0 Å². The van der Waals surface area contributed by atoms with Gasteiger partial charge in [-0.1, -0.05) is 54.4 Å². The summed E-state index contributed by atoms with van der Waals surface area (Å²) in [5, 5.41) is 3.79. The number of piperidine rings is 1. The van der Waals surface area contributed by atoms with Crippen molar-refractivity contribution in [1.29, 1.82) is 0 Å². The first-order chi connectivity index (χ1) is 9.73. The molecule has 0 spiro atoms. The van der Waals surface area contributed by atoms with E-state index in [1.165, 1.54) is 38.8 Å². The number of fused-ring (bicyclic) bond motifs is 1. The van der Waals surface area contributed by atoms with E-state index >= 15 is 0 Å². The summed E-state index contributed by atoms with van der Waals surface area (Å²) in [5.41, 5.74) is 1.07. The topological polar surface area (TPSA) is 12.0 Å².